The van der Waals surface area contributed by atoms with Crippen LogP contribution in [-0.2, 0) is 30.8 Å². The van der Waals surface area contributed by atoms with E-state index in [9.17, 15) is 13.6 Å². The Balaban J connectivity index is 1.11. The second-order valence-electron chi connectivity index (χ2n) is 9.56. The van der Waals surface area contributed by atoms with Crippen molar-refractivity contribution >= 4 is 5.91 Å². The van der Waals surface area contributed by atoms with Gasteiger partial charge >= 0.3 is 0 Å². The number of benzene rings is 2. The van der Waals surface area contributed by atoms with Crippen LogP contribution in [0.5, 0.6) is 5.75 Å². The third-order valence-corrected chi connectivity index (χ3v) is 6.96. The zero-order chi connectivity index (χ0) is 23.1. The largest absolute Gasteiger partial charge is 0.493 e. The molecular weight excluding hydrogens is 424 g/mol. The number of nitrogens with one attached hydrogen (secondary N) is 1. The van der Waals surface area contributed by atoms with Crippen LogP contribution in [0.2, 0.25) is 0 Å². The number of nitriles is 1. The van der Waals surface area contributed by atoms with E-state index in [-0.39, 0.29) is 18.9 Å². The highest BCUT2D eigenvalue weighted by Gasteiger charge is 2.57. The van der Waals surface area contributed by atoms with Crippen molar-refractivity contribution in [2.75, 3.05) is 13.2 Å². The van der Waals surface area contributed by atoms with Crippen molar-refractivity contribution in [1.29, 1.82) is 5.26 Å². The van der Waals surface area contributed by atoms with Crippen LogP contribution in [0.4, 0.5) is 8.78 Å². The molecule has 1 heterocycles. The maximum absolute atomic E-state index is 13.0. The molecule has 1 unspecified atom stereocenters. The van der Waals surface area contributed by atoms with Gasteiger partial charge in [0.2, 0.25) is 5.91 Å². The molecular formula is C26H27F2N3O2. The van der Waals surface area contributed by atoms with Crippen LogP contribution >= 0.6 is 0 Å². The number of carbonyl (C=O) groups is 1. The second-order valence-corrected chi connectivity index (χ2v) is 9.56. The van der Waals surface area contributed by atoms with Crippen molar-refractivity contribution < 1.29 is 18.3 Å². The molecule has 0 aromatic heterocycles. The molecule has 5 rings (SSSR count). The van der Waals surface area contributed by atoms with Gasteiger partial charge in [0.05, 0.1) is 18.6 Å². The van der Waals surface area contributed by atoms with Gasteiger partial charge in [-0.3, -0.25) is 9.69 Å². The molecule has 3 aliphatic rings. The third-order valence-electron chi connectivity index (χ3n) is 6.96. The summed E-state index contributed by atoms with van der Waals surface area (Å²) in [5.41, 5.74) is 3.90. The molecule has 33 heavy (non-hydrogen) atoms. The molecule has 2 aliphatic carbocycles. The van der Waals surface area contributed by atoms with Gasteiger partial charge in [-0.25, -0.2) is 8.78 Å². The number of hydrogen-bond acceptors (Lipinski definition) is 4. The lowest BCUT2D eigenvalue weighted by atomic mass is 9.99. The molecule has 172 valence electrons. The molecule has 0 spiro atoms. The van der Waals surface area contributed by atoms with Gasteiger partial charge in [-0.2, -0.15) is 5.26 Å². The molecule has 5 nitrogen and oxygen atoms in total. The number of amides is 1. The summed E-state index contributed by atoms with van der Waals surface area (Å²) in [6.45, 7) is 3.10. The first-order chi connectivity index (χ1) is 15.9. The topological polar surface area (TPSA) is 65.4 Å². The van der Waals surface area contributed by atoms with E-state index in [1.165, 1.54) is 16.7 Å². The lowest BCUT2D eigenvalue weighted by Crippen LogP contribution is -2.31. The van der Waals surface area contributed by atoms with Gasteiger partial charge in [-0.05, 0) is 53.6 Å². The van der Waals surface area contributed by atoms with Crippen molar-refractivity contribution in [2.24, 2.45) is 11.3 Å². The summed E-state index contributed by atoms with van der Waals surface area (Å²) in [6.07, 6.45) is 2.14. The fraction of sp³-hybridized carbons (Fsp3) is 0.462. The normalized spacial score (nSPS) is 22.0. The van der Waals surface area contributed by atoms with Crippen LogP contribution in [0.3, 0.4) is 0 Å². The molecule has 2 fully saturated rings. The highest BCUT2D eigenvalue weighted by molar-refractivity contribution is 5.88. The van der Waals surface area contributed by atoms with Gasteiger partial charge in [0, 0.05) is 32.6 Å². The van der Waals surface area contributed by atoms with Crippen molar-refractivity contribution in [3.63, 3.8) is 0 Å². The molecule has 2 aromatic carbocycles. The fourth-order valence-electron chi connectivity index (χ4n) is 4.35. The predicted octanol–water partition coefficient (Wildman–Crippen LogP) is 4.20. The van der Waals surface area contributed by atoms with Crippen LogP contribution in [-0.4, -0.2) is 29.9 Å². The van der Waals surface area contributed by atoms with Crippen molar-refractivity contribution in [1.82, 2.24) is 10.2 Å². The number of carbonyl (C=O) groups excluding carboxylic acids is 1. The Kier molecular flexibility index (Phi) is 5.57. The Morgan fingerprint density at radius 2 is 1.88 bits per heavy atom. The molecule has 1 N–H and O–H groups in total. The Bertz CT molecular complexity index is 1090. The quantitative estimate of drug-likeness (QED) is 0.653. The summed E-state index contributed by atoms with van der Waals surface area (Å²) in [7, 11) is 0. The summed E-state index contributed by atoms with van der Waals surface area (Å²) in [5.74, 6) is -2.67. The molecule has 2 saturated carbocycles. The average molecular weight is 452 g/mol. The van der Waals surface area contributed by atoms with Gasteiger partial charge in [0.1, 0.15) is 11.2 Å². The zero-order valence-corrected chi connectivity index (χ0v) is 18.4. The SMILES string of the molecule is N#CC1(C(=O)NCc2ccc(CN3CCc4cc(OCC5CC5(F)F)ccc4C3)cc2)CC1. The maximum atomic E-state index is 13.0. The van der Waals surface area contributed by atoms with E-state index in [1.807, 2.05) is 30.3 Å². The summed E-state index contributed by atoms with van der Waals surface area (Å²) in [4.78, 5) is 14.5. The van der Waals surface area contributed by atoms with E-state index in [2.05, 4.69) is 28.4 Å². The highest BCUT2D eigenvalue weighted by atomic mass is 19.3. The Hall–Kier alpha value is -2.98. The van der Waals surface area contributed by atoms with E-state index < -0.39 is 17.3 Å². The minimum absolute atomic E-state index is 0.0651. The van der Waals surface area contributed by atoms with E-state index >= 15 is 0 Å². The van der Waals surface area contributed by atoms with E-state index in [1.54, 1.807) is 0 Å². The summed E-state index contributed by atoms with van der Waals surface area (Å²) in [6, 6.07) is 16.2. The van der Waals surface area contributed by atoms with Gasteiger partial charge < -0.3 is 10.1 Å². The Morgan fingerprint density at radius 3 is 2.55 bits per heavy atom. The van der Waals surface area contributed by atoms with E-state index in [0.717, 1.165) is 31.6 Å². The van der Waals surface area contributed by atoms with Gasteiger partial charge in [-0.15, -0.1) is 0 Å². The fourth-order valence-corrected chi connectivity index (χ4v) is 4.35. The number of rotatable bonds is 8. The molecule has 2 aromatic rings. The van der Waals surface area contributed by atoms with Crippen LogP contribution in [0.25, 0.3) is 0 Å². The van der Waals surface area contributed by atoms with Crippen LogP contribution < -0.4 is 10.1 Å². The molecule has 0 bridgehead atoms. The predicted molar refractivity (Wildman–Crippen MR) is 118 cm³/mol. The van der Waals surface area contributed by atoms with E-state index in [0.29, 0.717) is 25.1 Å². The molecule has 1 aliphatic heterocycles. The Morgan fingerprint density at radius 1 is 1.15 bits per heavy atom. The highest BCUT2D eigenvalue weighted by Crippen LogP contribution is 2.48. The monoisotopic (exact) mass is 451 g/mol. The minimum atomic E-state index is -2.54. The number of ether oxygens (including phenoxy) is 1. The number of halogens is 2. The summed E-state index contributed by atoms with van der Waals surface area (Å²) in [5, 5.41) is 12.0. The first-order valence-corrected chi connectivity index (χ1v) is 11.5. The molecule has 1 amide bonds. The standard InChI is InChI=1S/C26H27F2N3O2/c27-26(28)12-22(26)16-33-23-6-5-21-15-31(10-7-20(21)11-23)14-19-3-1-18(2-4-19)13-30-24(32)25(17-29)8-9-25/h1-6,11,22H,7-10,12-16H2,(H,30,32). The van der Waals surface area contributed by atoms with Crippen LogP contribution in [0.1, 0.15) is 41.5 Å². The Labute approximate surface area is 192 Å². The summed E-state index contributed by atoms with van der Waals surface area (Å²) >= 11 is 0. The van der Waals surface area contributed by atoms with Crippen molar-refractivity contribution in [3.05, 3.63) is 64.7 Å². The number of fused-ring (bicyclic) bond motifs is 1. The van der Waals surface area contributed by atoms with Crippen molar-refractivity contribution in [3.8, 4) is 11.8 Å². The molecule has 0 radical (unpaired) electrons. The average Bonchev–Trinajstić information content (AvgIpc) is 3.73. The number of nitrogens with zero attached hydrogens (tertiary/aromatic N) is 2. The van der Waals surface area contributed by atoms with Crippen LogP contribution in [0, 0.1) is 22.7 Å². The summed E-state index contributed by atoms with van der Waals surface area (Å²) < 4.78 is 31.7. The number of hydrogen-bond donors (Lipinski definition) is 1. The lowest BCUT2D eigenvalue weighted by Gasteiger charge is -2.29. The van der Waals surface area contributed by atoms with Gasteiger partial charge in [0.25, 0.3) is 5.92 Å². The van der Waals surface area contributed by atoms with Crippen molar-refractivity contribution in [2.45, 2.75) is 51.2 Å². The maximum Gasteiger partial charge on any atom is 0.255 e. The third kappa shape index (κ3) is 4.86. The first kappa shape index (κ1) is 21.8. The second kappa shape index (κ2) is 8.42. The molecule has 1 atom stereocenters. The minimum Gasteiger partial charge on any atom is -0.493 e. The van der Waals surface area contributed by atoms with Gasteiger partial charge in [-0.1, -0.05) is 30.3 Å². The molecule has 7 heteroatoms. The smallest absolute Gasteiger partial charge is 0.255 e. The zero-order valence-electron chi connectivity index (χ0n) is 18.4. The first-order valence-electron chi connectivity index (χ1n) is 11.5. The number of alkyl halides is 2. The van der Waals surface area contributed by atoms with Gasteiger partial charge in [0.15, 0.2) is 0 Å². The van der Waals surface area contributed by atoms with Crippen LogP contribution in [0.15, 0.2) is 42.5 Å². The van der Waals surface area contributed by atoms with E-state index in [4.69, 9.17) is 10.00 Å². The molecule has 0 saturated heterocycles. The lowest BCUT2D eigenvalue weighted by molar-refractivity contribution is -0.124.